The summed E-state index contributed by atoms with van der Waals surface area (Å²) in [4.78, 5) is 3.94. The number of nitriles is 1. The highest BCUT2D eigenvalue weighted by Gasteiger charge is 2.02. The third-order valence-electron chi connectivity index (χ3n) is 1.92. The molecule has 14 heavy (non-hydrogen) atoms. The zero-order valence-corrected chi connectivity index (χ0v) is 8.32. The lowest BCUT2D eigenvalue weighted by molar-refractivity contribution is 0.129. The number of pyridine rings is 1. The van der Waals surface area contributed by atoms with Gasteiger partial charge in [0, 0.05) is 19.9 Å². The fourth-order valence-corrected chi connectivity index (χ4v) is 0.970. The first-order chi connectivity index (χ1) is 6.77. The Morgan fingerprint density at radius 2 is 2.50 bits per heavy atom. The highest BCUT2D eigenvalue weighted by atomic mass is 16.5. The van der Waals surface area contributed by atoms with E-state index in [1.165, 1.54) is 0 Å². The normalized spacial score (nSPS) is 11.8. The van der Waals surface area contributed by atoms with Gasteiger partial charge in [0.2, 0.25) is 0 Å². The molecule has 4 heteroatoms. The summed E-state index contributed by atoms with van der Waals surface area (Å²) in [5.74, 6) is 0. The van der Waals surface area contributed by atoms with E-state index >= 15 is 0 Å². The van der Waals surface area contributed by atoms with Gasteiger partial charge in [-0.05, 0) is 13.0 Å². The van der Waals surface area contributed by atoms with Crippen LogP contribution in [0.4, 0.5) is 5.69 Å². The summed E-state index contributed by atoms with van der Waals surface area (Å²) in [6.07, 6.45) is 3.35. The second kappa shape index (κ2) is 5.20. The highest BCUT2D eigenvalue weighted by Crippen LogP contribution is 2.11. The maximum absolute atomic E-state index is 8.79. The number of methoxy groups -OCH3 is 1. The lowest BCUT2D eigenvalue weighted by Crippen LogP contribution is -2.18. The Morgan fingerprint density at radius 1 is 1.71 bits per heavy atom. The molecule has 0 saturated heterocycles. The van der Waals surface area contributed by atoms with Gasteiger partial charge in [0.1, 0.15) is 6.07 Å². The molecule has 1 unspecified atom stereocenters. The van der Waals surface area contributed by atoms with Crippen molar-refractivity contribution >= 4 is 5.69 Å². The van der Waals surface area contributed by atoms with Crippen molar-refractivity contribution < 1.29 is 4.74 Å². The van der Waals surface area contributed by atoms with E-state index in [-0.39, 0.29) is 6.10 Å². The third-order valence-corrected chi connectivity index (χ3v) is 1.92. The first kappa shape index (κ1) is 10.5. The van der Waals surface area contributed by atoms with Gasteiger partial charge in [0.05, 0.1) is 23.6 Å². The topological polar surface area (TPSA) is 57.9 Å². The van der Waals surface area contributed by atoms with E-state index in [4.69, 9.17) is 10.00 Å². The zero-order chi connectivity index (χ0) is 10.4. The molecule has 0 saturated carbocycles. The van der Waals surface area contributed by atoms with Crippen molar-refractivity contribution in [3.63, 3.8) is 0 Å². The monoisotopic (exact) mass is 191 g/mol. The third kappa shape index (κ3) is 2.71. The van der Waals surface area contributed by atoms with Crippen molar-refractivity contribution in [1.82, 2.24) is 4.98 Å². The Morgan fingerprint density at radius 3 is 3.14 bits per heavy atom. The summed E-state index contributed by atoms with van der Waals surface area (Å²) in [5, 5.41) is 11.9. The number of hydrogen-bond acceptors (Lipinski definition) is 4. The van der Waals surface area contributed by atoms with Gasteiger partial charge in [-0.15, -0.1) is 0 Å². The van der Waals surface area contributed by atoms with Crippen LogP contribution in [0.2, 0.25) is 0 Å². The molecule has 1 N–H and O–H groups in total. The Kier molecular flexibility index (Phi) is 3.89. The van der Waals surface area contributed by atoms with E-state index in [0.29, 0.717) is 12.1 Å². The summed E-state index contributed by atoms with van der Waals surface area (Å²) in [6.45, 7) is 2.62. The Labute approximate surface area is 83.5 Å². The maximum Gasteiger partial charge on any atom is 0.101 e. The van der Waals surface area contributed by atoms with Gasteiger partial charge in [-0.3, -0.25) is 4.98 Å². The fourth-order valence-electron chi connectivity index (χ4n) is 0.970. The van der Waals surface area contributed by atoms with Crippen LogP contribution in [0.3, 0.4) is 0 Å². The van der Waals surface area contributed by atoms with Gasteiger partial charge in [-0.1, -0.05) is 0 Å². The number of aromatic nitrogens is 1. The van der Waals surface area contributed by atoms with Crippen molar-refractivity contribution in [2.24, 2.45) is 0 Å². The molecular weight excluding hydrogens is 178 g/mol. The quantitative estimate of drug-likeness (QED) is 0.781. The van der Waals surface area contributed by atoms with Crippen molar-refractivity contribution in [3.8, 4) is 6.07 Å². The number of nitrogens with zero attached hydrogens (tertiary/aromatic N) is 2. The lowest BCUT2D eigenvalue weighted by Gasteiger charge is -2.12. The Bertz CT molecular complexity index is 332. The summed E-state index contributed by atoms with van der Waals surface area (Å²) in [6, 6.07) is 3.77. The number of ether oxygens (including phenoxy) is 1. The number of hydrogen-bond donors (Lipinski definition) is 1. The molecule has 0 bridgehead atoms. The summed E-state index contributed by atoms with van der Waals surface area (Å²) >= 11 is 0. The zero-order valence-electron chi connectivity index (χ0n) is 8.32. The minimum Gasteiger partial charge on any atom is -0.380 e. The summed E-state index contributed by atoms with van der Waals surface area (Å²) in [5.41, 5.74) is 1.35. The van der Waals surface area contributed by atoms with Gasteiger partial charge < -0.3 is 10.1 Å². The highest BCUT2D eigenvalue weighted by molar-refractivity contribution is 5.55. The van der Waals surface area contributed by atoms with Gasteiger partial charge in [-0.2, -0.15) is 5.26 Å². The van der Waals surface area contributed by atoms with Crippen molar-refractivity contribution in [3.05, 3.63) is 24.0 Å². The maximum atomic E-state index is 8.79. The van der Waals surface area contributed by atoms with Gasteiger partial charge >= 0.3 is 0 Å². The van der Waals surface area contributed by atoms with Crippen molar-refractivity contribution in [2.75, 3.05) is 19.0 Å². The molecule has 0 aliphatic heterocycles. The molecule has 0 aliphatic rings. The fraction of sp³-hybridized carbons (Fsp3) is 0.400. The van der Waals surface area contributed by atoms with E-state index < -0.39 is 0 Å². The molecule has 0 fully saturated rings. The number of rotatable bonds is 4. The predicted molar refractivity (Wildman–Crippen MR) is 53.9 cm³/mol. The molecular formula is C10H13N3O. The van der Waals surface area contributed by atoms with E-state index in [1.807, 2.05) is 6.92 Å². The second-order valence-corrected chi connectivity index (χ2v) is 2.96. The van der Waals surface area contributed by atoms with Crippen molar-refractivity contribution in [1.29, 1.82) is 5.26 Å². The van der Waals surface area contributed by atoms with Gasteiger partial charge in [-0.25, -0.2) is 0 Å². The Balaban J connectivity index is 2.63. The van der Waals surface area contributed by atoms with Gasteiger partial charge in [0.15, 0.2) is 0 Å². The Hall–Kier alpha value is -1.60. The minimum atomic E-state index is 0.113. The minimum absolute atomic E-state index is 0.113. The van der Waals surface area contributed by atoms with E-state index in [9.17, 15) is 0 Å². The molecule has 0 spiro atoms. The predicted octanol–water partition coefficient (Wildman–Crippen LogP) is 1.40. The van der Waals surface area contributed by atoms with Crippen LogP contribution in [0.1, 0.15) is 12.5 Å². The summed E-state index contributed by atoms with van der Waals surface area (Å²) < 4.78 is 5.08. The van der Waals surface area contributed by atoms with Crippen LogP contribution in [-0.2, 0) is 4.74 Å². The van der Waals surface area contributed by atoms with E-state index in [0.717, 1.165) is 5.69 Å². The molecule has 0 amide bonds. The molecule has 1 rings (SSSR count). The molecule has 1 aromatic rings. The van der Waals surface area contributed by atoms with Gasteiger partial charge in [0.25, 0.3) is 0 Å². The van der Waals surface area contributed by atoms with Crippen molar-refractivity contribution in [2.45, 2.75) is 13.0 Å². The van der Waals surface area contributed by atoms with E-state index in [1.54, 1.807) is 25.6 Å². The van der Waals surface area contributed by atoms with Crippen LogP contribution in [0, 0.1) is 11.3 Å². The SMILES string of the molecule is COC(C)CNc1cnccc1C#N. The first-order valence-corrected chi connectivity index (χ1v) is 4.38. The molecule has 1 aromatic heterocycles. The smallest absolute Gasteiger partial charge is 0.101 e. The second-order valence-electron chi connectivity index (χ2n) is 2.96. The average molecular weight is 191 g/mol. The van der Waals surface area contributed by atoms with Crippen LogP contribution < -0.4 is 5.32 Å². The number of nitrogens with one attached hydrogen (secondary N) is 1. The van der Waals surface area contributed by atoms with Crippen LogP contribution >= 0.6 is 0 Å². The van der Waals surface area contributed by atoms with E-state index in [2.05, 4.69) is 16.4 Å². The lowest BCUT2D eigenvalue weighted by atomic mass is 10.2. The molecule has 4 nitrogen and oxygen atoms in total. The molecule has 0 aromatic carbocycles. The molecule has 1 atom stereocenters. The van der Waals surface area contributed by atoms with Crippen LogP contribution in [0.15, 0.2) is 18.5 Å². The molecule has 0 radical (unpaired) electrons. The molecule has 1 heterocycles. The standard InChI is InChI=1S/C10H13N3O/c1-8(14-2)6-13-10-7-12-4-3-9(10)5-11/h3-4,7-8,13H,6H2,1-2H3. The molecule has 74 valence electrons. The largest absolute Gasteiger partial charge is 0.380 e. The number of anilines is 1. The van der Waals surface area contributed by atoms with Crippen LogP contribution in [0.5, 0.6) is 0 Å². The van der Waals surface area contributed by atoms with Crippen LogP contribution in [0.25, 0.3) is 0 Å². The summed E-state index contributed by atoms with van der Waals surface area (Å²) in [7, 11) is 1.65. The molecule has 0 aliphatic carbocycles. The van der Waals surface area contributed by atoms with Crippen LogP contribution in [-0.4, -0.2) is 24.7 Å². The first-order valence-electron chi connectivity index (χ1n) is 4.38. The average Bonchev–Trinajstić information content (AvgIpc) is 2.26.